The lowest BCUT2D eigenvalue weighted by Crippen LogP contribution is -2.12. The van der Waals surface area contributed by atoms with Gasteiger partial charge >= 0.3 is 0 Å². The van der Waals surface area contributed by atoms with Gasteiger partial charge in [-0.05, 0) is 55.0 Å². The first kappa shape index (κ1) is 14.6. The Morgan fingerprint density at radius 2 is 1.87 bits per heavy atom. The Morgan fingerprint density at radius 1 is 1.09 bits per heavy atom. The predicted octanol–water partition coefficient (Wildman–Crippen LogP) is 3.91. The fourth-order valence-corrected chi connectivity index (χ4v) is 2.39. The van der Waals surface area contributed by atoms with E-state index in [-0.39, 0.29) is 5.91 Å². The first-order valence-electron chi connectivity index (χ1n) is 7.23. The van der Waals surface area contributed by atoms with E-state index in [1.54, 1.807) is 30.3 Å². The highest BCUT2D eigenvalue weighted by Gasteiger charge is 2.09. The Hall–Kier alpha value is -3.32. The summed E-state index contributed by atoms with van der Waals surface area (Å²) in [6.45, 7) is 2.01. The maximum Gasteiger partial charge on any atom is 0.255 e. The van der Waals surface area contributed by atoms with Crippen molar-refractivity contribution in [2.45, 2.75) is 6.92 Å². The lowest BCUT2D eigenvalue weighted by Gasteiger charge is -2.11. The lowest BCUT2D eigenvalue weighted by atomic mass is 10.1. The molecule has 1 aromatic heterocycles. The van der Waals surface area contributed by atoms with Crippen molar-refractivity contribution >= 4 is 11.6 Å². The molecule has 1 N–H and O–H groups in total. The molecule has 4 heteroatoms. The van der Waals surface area contributed by atoms with Crippen LogP contribution in [-0.4, -0.2) is 10.5 Å². The number of carbonyl (C=O) groups excluding carboxylic acids is 1. The number of aromatic nitrogens is 1. The van der Waals surface area contributed by atoms with Crippen LogP contribution in [0.1, 0.15) is 21.5 Å². The third kappa shape index (κ3) is 3.14. The number of nitrogens with one attached hydrogen (secondary N) is 1. The highest BCUT2D eigenvalue weighted by atomic mass is 16.1. The van der Waals surface area contributed by atoms with Crippen LogP contribution < -0.4 is 5.32 Å². The number of rotatable bonds is 3. The number of aryl methyl sites for hydroxylation is 1. The van der Waals surface area contributed by atoms with Crippen molar-refractivity contribution in [1.29, 1.82) is 5.26 Å². The number of hydrogen-bond acceptors (Lipinski definition) is 2. The van der Waals surface area contributed by atoms with Crippen LogP contribution in [0, 0.1) is 18.3 Å². The predicted molar refractivity (Wildman–Crippen MR) is 89.6 cm³/mol. The normalized spacial score (nSPS) is 10.1. The van der Waals surface area contributed by atoms with Crippen molar-refractivity contribution in [2.24, 2.45) is 0 Å². The second-order valence-electron chi connectivity index (χ2n) is 5.24. The van der Waals surface area contributed by atoms with Crippen LogP contribution in [0.4, 0.5) is 5.69 Å². The average Bonchev–Trinajstić information content (AvgIpc) is 3.09. The van der Waals surface area contributed by atoms with Gasteiger partial charge in [0.15, 0.2) is 0 Å². The number of nitrogens with zero attached hydrogens (tertiary/aromatic N) is 2. The van der Waals surface area contributed by atoms with Gasteiger partial charge in [0.2, 0.25) is 0 Å². The van der Waals surface area contributed by atoms with Crippen LogP contribution in [0.15, 0.2) is 67.0 Å². The molecule has 0 atom stereocenters. The van der Waals surface area contributed by atoms with Crippen LogP contribution in [0.2, 0.25) is 0 Å². The van der Waals surface area contributed by atoms with Crippen molar-refractivity contribution < 1.29 is 4.79 Å². The van der Waals surface area contributed by atoms with E-state index in [1.165, 1.54) is 0 Å². The second kappa shape index (κ2) is 6.20. The first-order chi connectivity index (χ1) is 11.2. The van der Waals surface area contributed by atoms with E-state index in [0.29, 0.717) is 16.8 Å². The lowest BCUT2D eigenvalue weighted by molar-refractivity contribution is 0.102. The monoisotopic (exact) mass is 301 g/mol. The van der Waals surface area contributed by atoms with Crippen molar-refractivity contribution in [3.63, 3.8) is 0 Å². The van der Waals surface area contributed by atoms with E-state index >= 15 is 0 Å². The van der Waals surface area contributed by atoms with E-state index in [1.807, 2.05) is 48.1 Å². The van der Waals surface area contributed by atoms with Gasteiger partial charge in [-0.2, -0.15) is 5.26 Å². The molecule has 0 aliphatic rings. The number of benzene rings is 2. The molecule has 3 aromatic rings. The number of carbonyl (C=O) groups is 1. The van der Waals surface area contributed by atoms with Gasteiger partial charge in [-0.25, -0.2) is 0 Å². The fraction of sp³-hybridized carbons (Fsp3) is 0.0526. The summed E-state index contributed by atoms with van der Waals surface area (Å²) in [5.41, 5.74) is 3.75. The van der Waals surface area contributed by atoms with Gasteiger partial charge in [-0.15, -0.1) is 0 Å². The fourth-order valence-electron chi connectivity index (χ4n) is 2.39. The van der Waals surface area contributed by atoms with Gasteiger partial charge in [0.05, 0.1) is 11.6 Å². The third-order valence-electron chi connectivity index (χ3n) is 3.60. The molecule has 0 spiro atoms. The van der Waals surface area contributed by atoms with Gasteiger partial charge in [0.25, 0.3) is 5.91 Å². The molecule has 0 saturated carbocycles. The SMILES string of the molecule is Cc1ccc(C(=O)Nc2cccc(C#N)c2)cc1-n1cccc1. The molecule has 2 aromatic carbocycles. The van der Waals surface area contributed by atoms with Gasteiger partial charge < -0.3 is 9.88 Å². The largest absolute Gasteiger partial charge is 0.324 e. The summed E-state index contributed by atoms with van der Waals surface area (Å²) in [4.78, 5) is 12.4. The van der Waals surface area contributed by atoms with Crippen LogP contribution in [-0.2, 0) is 0 Å². The Labute approximate surface area is 134 Å². The zero-order valence-corrected chi connectivity index (χ0v) is 12.7. The van der Waals surface area contributed by atoms with Gasteiger partial charge in [-0.1, -0.05) is 12.1 Å². The summed E-state index contributed by atoms with van der Waals surface area (Å²) in [5.74, 6) is -0.200. The van der Waals surface area contributed by atoms with E-state index in [2.05, 4.69) is 11.4 Å². The number of anilines is 1. The van der Waals surface area contributed by atoms with Crippen molar-refractivity contribution in [1.82, 2.24) is 4.57 Å². The molecular formula is C19H15N3O. The molecule has 0 saturated heterocycles. The molecule has 0 fully saturated rings. The van der Waals surface area contributed by atoms with Crippen LogP contribution in [0.3, 0.4) is 0 Å². The Kier molecular flexibility index (Phi) is 3.94. The van der Waals surface area contributed by atoms with Crippen molar-refractivity contribution in [2.75, 3.05) is 5.32 Å². The number of amides is 1. The summed E-state index contributed by atoms with van der Waals surface area (Å²) in [6.07, 6.45) is 3.89. The molecule has 0 bridgehead atoms. The minimum absolute atomic E-state index is 0.200. The molecule has 112 valence electrons. The van der Waals surface area contributed by atoms with Gasteiger partial charge in [0.1, 0.15) is 0 Å². The highest BCUT2D eigenvalue weighted by Crippen LogP contribution is 2.18. The average molecular weight is 301 g/mol. The van der Waals surface area contributed by atoms with Gasteiger partial charge in [0, 0.05) is 29.3 Å². The zero-order valence-electron chi connectivity index (χ0n) is 12.7. The number of hydrogen-bond donors (Lipinski definition) is 1. The minimum atomic E-state index is -0.200. The Morgan fingerprint density at radius 3 is 2.61 bits per heavy atom. The molecule has 1 heterocycles. The zero-order chi connectivity index (χ0) is 16.2. The summed E-state index contributed by atoms with van der Waals surface area (Å²) in [5, 5.41) is 11.7. The highest BCUT2D eigenvalue weighted by molar-refractivity contribution is 6.04. The molecule has 1 amide bonds. The molecule has 0 unspecified atom stereocenters. The molecule has 23 heavy (non-hydrogen) atoms. The summed E-state index contributed by atoms with van der Waals surface area (Å²) in [7, 11) is 0. The van der Waals surface area contributed by atoms with E-state index in [9.17, 15) is 4.79 Å². The van der Waals surface area contributed by atoms with Crippen LogP contribution in [0.5, 0.6) is 0 Å². The van der Waals surface area contributed by atoms with Crippen molar-refractivity contribution in [3.8, 4) is 11.8 Å². The minimum Gasteiger partial charge on any atom is -0.324 e. The van der Waals surface area contributed by atoms with Crippen molar-refractivity contribution in [3.05, 3.63) is 83.7 Å². The molecule has 0 aliphatic heterocycles. The Balaban J connectivity index is 1.88. The molecule has 0 aliphatic carbocycles. The van der Waals surface area contributed by atoms with E-state index in [0.717, 1.165) is 11.3 Å². The number of nitriles is 1. The standard InChI is InChI=1S/C19H15N3O/c1-14-7-8-16(12-18(14)22-9-2-3-10-22)19(23)21-17-6-4-5-15(11-17)13-20/h2-12H,1H3,(H,21,23). The summed E-state index contributed by atoms with van der Waals surface area (Å²) >= 11 is 0. The molecule has 0 radical (unpaired) electrons. The first-order valence-corrected chi connectivity index (χ1v) is 7.23. The van der Waals surface area contributed by atoms with E-state index < -0.39 is 0 Å². The molecule has 4 nitrogen and oxygen atoms in total. The molecule has 3 rings (SSSR count). The quantitative estimate of drug-likeness (QED) is 0.797. The second-order valence-corrected chi connectivity index (χ2v) is 5.24. The van der Waals surface area contributed by atoms with E-state index in [4.69, 9.17) is 5.26 Å². The Bertz CT molecular complexity index is 889. The smallest absolute Gasteiger partial charge is 0.255 e. The summed E-state index contributed by atoms with van der Waals surface area (Å²) in [6, 6.07) is 18.4. The van der Waals surface area contributed by atoms with Gasteiger partial charge in [-0.3, -0.25) is 4.79 Å². The van der Waals surface area contributed by atoms with Crippen LogP contribution in [0.25, 0.3) is 5.69 Å². The topological polar surface area (TPSA) is 57.8 Å². The summed E-state index contributed by atoms with van der Waals surface area (Å²) < 4.78 is 1.97. The van der Waals surface area contributed by atoms with Crippen LogP contribution >= 0.6 is 0 Å². The maximum atomic E-state index is 12.4. The molecular weight excluding hydrogens is 286 g/mol. The third-order valence-corrected chi connectivity index (χ3v) is 3.60. The maximum absolute atomic E-state index is 12.4.